The molecular formula is C10H11N3O3. The van der Waals surface area contributed by atoms with E-state index in [4.69, 9.17) is 0 Å². The molecule has 0 radical (unpaired) electrons. The van der Waals surface area contributed by atoms with Gasteiger partial charge in [0.1, 0.15) is 0 Å². The first kappa shape index (κ1) is 11.8. The summed E-state index contributed by atoms with van der Waals surface area (Å²) in [6.07, 6.45) is 1.17. The average Bonchev–Trinajstić information content (AvgIpc) is 2.26. The molecule has 0 bridgehead atoms. The number of carbonyl (C=O) groups excluding carboxylic acids is 1. The summed E-state index contributed by atoms with van der Waals surface area (Å²) in [7, 11) is 3.39. The lowest BCUT2D eigenvalue weighted by Crippen LogP contribution is -2.07. The molecule has 1 aromatic carbocycles. The Morgan fingerprint density at radius 3 is 2.38 bits per heavy atom. The number of nitro benzene ring substituents is 1. The third-order valence-electron chi connectivity index (χ3n) is 1.77. The summed E-state index contributed by atoms with van der Waals surface area (Å²) in [5.74, 6) is -0.288. The second-order valence-electron chi connectivity index (χ2n) is 3.26. The molecule has 6 heteroatoms. The second kappa shape index (κ2) is 5.01. The zero-order valence-electron chi connectivity index (χ0n) is 8.95. The van der Waals surface area contributed by atoms with E-state index in [0.717, 1.165) is 0 Å². The smallest absolute Gasteiger partial charge is 0.269 e. The number of hydrogen-bond donors (Lipinski definition) is 0. The Bertz CT molecular complexity index is 423. The molecule has 0 aromatic heterocycles. The fourth-order valence-corrected chi connectivity index (χ4v) is 0.990. The molecule has 1 rings (SSSR count). The number of nitrogens with zero attached hydrogens (tertiary/aromatic N) is 3. The van der Waals surface area contributed by atoms with Crippen LogP contribution in [0, 0.1) is 10.1 Å². The standard InChI is InChI=1S/C10H11N3O3/c1-12(2)11-7-10(14)8-3-5-9(6-4-8)13(15)16/h3-7H,1-2H3/b11-7-. The van der Waals surface area contributed by atoms with Crippen molar-refractivity contribution >= 4 is 17.7 Å². The number of Topliss-reactive ketones (excluding diaryl/α,β-unsaturated/α-hetero) is 1. The maximum absolute atomic E-state index is 11.5. The Morgan fingerprint density at radius 2 is 1.94 bits per heavy atom. The van der Waals surface area contributed by atoms with Crippen molar-refractivity contribution in [3.63, 3.8) is 0 Å². The van der Waals surface area contributed by atoms with Crippen LogP contribution < -0.4 is 0 Å². The van der Waals surface area contributed by atoms with Gasteiger partial charge in [-0.25, -0.2) is 0 Å². The van der Waals surface area contributed by atoms with E-state index >= 15 is 0 Å². The highest BCUT2D eigenvalue weighted by molar-refractivity contribution is 6.35. The van der Waals surface area contributed by atoms with E-state index < -0.39 is 4.92 Å². The highest BCUT2D eigenvalue weighted by atomic mass is 16.6. The summed E-state index contributed by atoms with van der Waals surface area (Å²) in [4.78, 5) is 21.4. The lowest BCUT2D eigenvalue weighted by molar-refractivity contribution is -0.384. The van der Waals surface area contributed by atoms with Gasteiger partial charge in [0.25, 0.3) is 5.69 Å². The molecule has 0 spiro atoms. The summed E-state index contributed by atoms with van der Waals surface area (Å²) in [6.45, 7) is 0. The monoisotopic (exact) mass is 221 g/mol. The predicted molar refractivity (Wildman–Crippen MR) is 59.6 cm³/mol. The van der Waals surface area contributed by atoms with Crippen LogP contribution in [0.4, 0.5) is 5.69 Å². The van der Waals surface area contributed by atoms with E-state index in [9.17, 15) is 14.9 Å². The SMILES string of the molecule is CN(C)/N=C\C(=O)c1ccc([N+](=O)[O-])cc1. The molecule has 0 aliphatic heterocycles. The van der Waals surface area contributed by atoms with Crippen LogP contribution in [0.15, 0.2) is 29.4 Å². The summed E-state index contributed by atoms with van der Waals surface area (Å²) in [5.41, 5.74) is 0.331. The minimum atomic E-state index is -0.512. The van der Waals surface area contributed by atoms with Crippen molar-refractivity contribution < 1.29 is 9.72 Å². The Hall–Kier alpha value is -2.24. The number of carbonyl (C=O) groups is 1. The zero-order valence-corrected chi connectivity index (χ0v) is 8.95. The first-order chi connectivity index (χ1) is 7.50. The fraction of sp³-hybridized carbons (Fsp3) is 0.200. The molecule has 0 atom stereocenters. The molecule has 0 saturated carbocycles. The normalized spacial score (nSPS) is 10.4. The first-order valence-electron chi connectivity index (χ1n) is 4.51. The zero-order chi connectivity index (χ0) is 12.1. The predicted octanol–water partition coefficient (Wildman–Crippen LogP) is 1.32. The van der Waals surface area contributed by atoms with Crippen molar-refractivity contribution in [3.8, 4) is 0 Å². The molecule has 0 heterocycles. The van der Waals surface area contributed by atoms with Crippen LogP contribution >= 0.6 is 0 Å². The Morgan fingerprint density at radius 1 is 1.38 bits per heavy atom. The van der Waals surface area contributed by atoms with Gasteiger partial charge in [-0.2, -0.15) is 5.10 Å². The topological polar surface area (TPSA) is 75.8 Å². The van der Waals surface area contributed by atoms with Crippen molar-refractivity contribution in [1.82, 2.24) is 5.01 Å². The lowest BCUT2D eigenvalue weighted by atomic mass is 10.1. The fourth-order valence-electron chi connectivity index (χ4n) is 0.990. The molecule has 0 aliphatic carbocycles. The van der Waals surface area contributed by atoms with Crippen LogP contribution in [-0.2, 0) is 0 Å². The van der Waals surface area contributed by atoms with E-state index in [1.54, 1.807) is 14.1 Å². The van der Waals surface area contributed by atoms with Crippen LogP contribution in [0.5, 0.6) is 0 Å². The van der Waals surface area contributed by atoms with E-state index in [1.807, 2.05) is 0 Å². The van der Waals surface area contributed by atoms with Crippen molar-refractivity contribution in [1.29, 1.82) is 0 Å². The number of hydrogen-bond acceptors (Lipinski definition) is 5. The Labute approximate surface area is 92.3 Å². The average molecular weight is 221 g/mol. The number of hydrazone groups is 1. The van der Waals surface area contributed by atoms with Gasteiger partial charge in [-0.1, -0.05) is 0 Å². The van der Waals surface area contributed by atoms with Crippen LogP contribution in [0.2, 0.25) is 0 Å². The van der Waals surface area contributed by atoms with Gasteiger partial charge in [0.05, 0.1) is 11.1 Å². The molecule has 6 nitrogen and oxygen atoms in total. The van der Waals surface area contributed by atoms with Gasteiger partial charge < -0.3 is 5.01 Å². The molecular weight excluding hydrogens is 210 g/mol. The maximum Gasteiger partial charge on any atom is 0.269 e. The summed E-state index contributed by atoms with van der Waals surface area (Å²) in [5, 5.41) is 15.7. The number of benzene rings is 1. The number of nitro groups is 1. The minimum absolute atomic E-state index is 0.0406. The second-order valence-corrected chi connectivity index (χ2v) is 3.26. The van der Waals surface area contributed by atoms with Crippen molar-refractivity contribution in [2.24, 2.45) is 5.10 Å². The number of ketones is 1. The minimum Gasteiger partial charge on any atom is -0.303 e. The molecule has 0 unspecified atom stereocenters. The maximum atomic E-state index is 11.5. The molecule has 1 aromatic rings. The summed E-state index contributed by atoms with van der Waals surface area (Å²) < 4.78 is 0. The molecule has 0 saturated heterocycles. The quantitative estimate of drug-likeness (QED) is 0.332. The van der Waals surface area contributed by atoms with Crippen LogP contribution in [0.3, 0.4) is 0 Å². The van der Waals surface area contributed by atoms with Gasteiger partial charge in [-0.05, 0) is 12.1 Å². The van der Waals surface area contributed by atoms with E-state index in [1.165, 1.54) is 35.5 Å². The van der Waals surface area contributed by atoms with Crippen LogP contribution in [0.25, 0.3) is 0 Å². The van der Waals surface area contributed by atoms with Gasteiger partial charge in [0.15, 0.2) is 0 Å². The summed E-state index contributed by atoms with van der Waals surface area (Å²) >= 11 is 0. The van der Waals surface area contributed by atoms with Gasteiger partial charge >= 0.3 is 0 Å². The third kappa shape index (κ3) is 3.16. The summed E-state index contributed by atoms with van der Waals surface area (Å²) in [6, 6.07) is 5.39. The third-order valence-corrected chi connectivity index (χ3v) is 1.77. The molecule has 0 N–H and O–H groups in total. The lowest BCUT2D eigenvalue weighted by Gasteiger charge is -2.01. The molecule has 0 fully saturated rings. The van der Waals surface area contributed by atoms with Gasteiger partial charge in [0, 0.05) is 31.8 Å². The Balaban J connectivity index is 2.82. The van der Waals surface area contributed by atoms with Crippen molar-refractivity contribution in [2.75, 3.05) is 14.1 Å². The van der Waals surface area contributed by atoms with E-state index in [2.05, 4.69) is 5.10 Å². The van der Waals surface area contributed by atoms with Crippen molar-refractivity contribution in [2.45, 2.75) is 0 Å². The van der Waals surface area contributed by atoms with Gasteiger partial charge in [0.2, 0.25) is 5.78 Å². The van der Waals surface area contributed by atoms with Gasteiger partial charge in [-0.15, -0.1) is 0 Å². The van der Waals surface area contributed by atoms with Crippen LogP contribution in [-0.4, -0.2) is 36.0 Å². The highest BCUT2D eigenvalue weighted by Gasteiger charge is 2.07. The molecule has 16 heavy (non-hydrogen) atoms. The first-order valence-corrected chi connectivity index (χ1v) is 4.51. The highest BCUT2D eigenvalue weighted by Crippen LogP contribution is 2.11. The molecule has 0 aliphatic rings. The molecule has 0 amide bonds. The number of non-ortho nitro benzene ring substituents is 1. The Kier molecular flexibility index (Phi) is 3.71. The van der Waals surface area contributed by atoms with Gasteiger partial charge in [-0.3, -0.25) is 14.9 Å². The molecule has 84 valence electrons. The number of rotatable bonds is 4. The van der Waals surface area contributed by atoms with Crippen molar-refractivity contribution in [3.05, 3.63) is 39.9 Å². The van der Waals surface area contributed by atoms with Crippen LogP contribution in [0.1, 0.15) is 10.4 Å². The van der Waals surface area contributed by atoms with E-state index in [-0.39, 0.29) is 11.5 Å². The van der Waals surface area contributed by atoms with E-state index in [0.29, 0.717) is 5.56 Å². The largest absolute Gasteiger partial charge is 0.303 e.